The maximum atomic E-state index is 5.36. The predicted molar refractivity (Wildman–Crippen MR) is 84.9 cm³/mol. The molecule has 0 atom stereocenters. The summed E-state index contributed by atoms with van der Waals surface area (Å²) in [5.41, 5.74) is 8.45. The summed E-state index contributed by atoms with van der Waals surface area (Å²) in [6.07, 6.45) is 1.98. The minimum absolute atomic E-state index is 0.386. The lowest BCUT2D eigenvalue weighted by Gasteiger charge is -2.01. The van der Waals surface area contributed by atoms with Crippen molar-refractivity contribution in [1.29, 1.82) is 0 Å². The van der Waals surface area contributed by atoms with E-state index >= 15 is 0 Å². The Bertz CT molecular complexity index is 796. The van der Waals surface area contributed by atoms with Gasteiger partial charge in [-0.3, -0.25) is 4.40 Å². The van der Waals surface area contributed by atoms with E-state index in [-0.39, 0.29) is 0 Å². The molecule has 104 valence electrons. The average Bonchev–Trinajstić information content (AvgIpc) is 2.95. The molecule has 4 nitrogen and oxygen atoms in total. The van der Waals surface area contributed by atoms with Crippen LogP contribution in [-0.4, -0.2) is 21.1 Å². The number of fused-ring (bicyclic) bond motifs is 1. The second-order valence-electron chi connectivity index (χ2n) is 4.40. The van der Waals surface area contributed by atoms with Gasteiger partial charge in [0.2, 0.25) is 0 Å². The van der Waals surface area contributed by atoms with Crippen LogP contribution in [0.3, 0.4) is 0 Å². The molecular formula is C16H14N4S. The molecule has 0 aliphatic rings. The van der Waals surface area contributed by atoms with Crippen LogP contribution in [-0.2, 0) is 5.75 Å². The predicted octanol–water partition coefficient (Wildman–Crippen LogP) is 2.33. The highest BCUT2D eigenvalue weighted by Crippen LogP contribution is 2.21. The fraction of sp³-hybridized carbons (Fsp3) is 0.125. The van der Waals surface area contributed by atoms with Gasteiger partial charge >= 0.3 is 0 Å². The third kappa shape index (κ3) is 3.24. The van der Waals surface area contributed by atoms with Gasteiger partial charge in [-0.05, 0) is 29.8 Å². The van der Waals surface area contributed by atoms with Gasteiger partial charge in [0.05, 0.1) is 6.54 Å². The Kier molecular flexibility index (Phi) is 4.20. The molecule has 0 aliphatic heterocycles. The summed E-state index contributed by atoms with van der Waals surface area (Å²) < 4.78 is 1.99. The van der Waals surface area contributed by atoms with E-state index in [0.717, 1.165) is 22.1 Å². The van der Waals surface area contributed by atoms with E-state index in [1.165, 1.54) is 5.56 Å². The van der Waals surface area contributed by atoms with Gasteiger partial charge in [0, 0.05) is 17.5 Å². The molecule has 0 bridgehead atoms. The van der Waals surface area contributed by atoms with Gasteiger partial charge in [0.1, 0.15) is 0 Å². The molecule has 2 aromatic heterocycles. The van der Waals surface area contributed by atoms with Crippen LogP contribution < -0.4 is 5.73 Å². The van der Waals surface area contributed by atoms with Crippen molar-refractivity contribution in [2.45, 2.75) is 10.9 Å². The Hall–Kier alpha value is -2.29. The topological polar surface area (TPSA) is 56.2 Å². The molecule has 0 saturated heterocycles. The first kappa shape index (κ1) is 13.7. The molecule has 5 heteroatoms. The third-order valence-electron chi connectivity index (χ3n) is 2.94. The molecule has 0 fully saturated rings. The summed E-state index contributed by atoms with van der Waals surface area (Å²) in [7, 11) is 0. The van der Waals surface area contributed by atoms with Crippen LogP contribution in [0, 0.1) is 11.8 Å². The first-order valence-electron chi connectivity index (χ1n) is 6.57. The van der Waals surface area contributed by atoms with Gasteiger partial charge in [-0.25, -0.2) is 0 Å². The smallest absolute Gasteiger partial charge is 0.195 e. The van der Waals surface area contributed by atoms with Crippen LogP contribution in [0.4, 0.5) is 0 Å². The molecule has 21 heavy (non-hydrogen) atoms. The van der Waals surface area contributed by atoms with E-state index in [0.29, 0.717) is 6.54 Å². The van der Waals surface area contributed by atoms with E-state index in [9.17, 15) is 0 Å². The van der Waals surface area contributed by atoms with E-state index < -0.39 is 0 Å². The molecule has 2 heterocycles. The minimum Gasteiger partial charge on any atom is -0.320 e. The number of aromatic nitrogens is 3. The van der Waals surface area contributed by atoms with Crippen molar-refractivity contribution in [3.8, 4) is 11.8 Å². The van der Waals surface area contributed by atoms with Crippen LogP contribution in [0.2, 0.25) is 0 Å². The number of benzene rings is 1. The molecule has 0 aliphatic carbocycles. The first-order chi connectivity index (χ1) is 10.4. The first-order valence-corrected chi connectivity index (χ1v) is 7.56. The van der Waals surface area contributed by atoms with E-state index in [1.807, 2.05) is 40.9 Å². The minimum atomic E-state index is 0.386. The second kappa shape index (κ2) is 6.44. The molecule has 1 aromatic carbocycles. The fourth-order valence-electron chi connectivity index (χ4n) is 1.90. The quantitative estimate of drug-likeness (QED) is 0.595. The normalized spacial score (nSPS) is 10.3. The number of pyridine rings is 1. The van der Waals surface area contributed by atoms with E-state index in [1.54, 1.807) is 11.8 Å². The van der Waals surface area contributed by atoms with Crippen LogP contribution >= 0.6 is 11.8 Å². The molecule has 0 saturated carbocycles. The fourth-order valence-corrected chi connectivity index (χ4v) is 2.78. The zero-order valence-corrected chi connectivity index (χ0v) is 12.2. The number of nitrogens with two attached hydrogens (primary N) is 1. The molecule has 3 rings (SSSR count). The number of thioether (sulfide) groups is 1. The highest BCUT2D eigenvalue weighted by atomic mass is 32.2. The Labute approximate surface area is 127 Å². The standard InChI is InChI=1S/C16H14N4S/c17-10-3-4-13-6-8-14(9-7-13)12-21-16-19-18-15-5-1-2-11-20(15)16/h1-2,5-9,11H,10,12,17H2. The van der Waals surface area contributed by atoms with Crippen molar-refractivity contribution in [3.05, 3.63) is 59.8 Å². The lowest BCUT2D eigenvalue weighted by molar-refractivity contribution is 0.921. The van der Waals surface area contributed by atoms with Crippen molar-refractivity contribution >= 4 is 17.4 Å². The lowest BCUT2D eigenvalue weighted by atomic mass is 10.1. The number of hydrogen-bond acceptors (Lipinski definition) is 4. The van der Waals surface area contributed by atoms with Gasteiger partial charge in [0.25, 0.3) is 0 Å². The molecule has 0 unspecified atom stereocenters. The van der Waals surface area contributed by atoms with E-state index in [2.05, 4.69) is 34.2 Å². The monoisotopic (exact) mass is 294 g/mol. The largest absolute Gasteiger partial charge is 0.320 e. The number of hydrogen-bond donors (Lipinski definition) is 1. The second-order valence-corrected chi connectivity index (χ2v) is 5.35. The van der Waals surface area contributed by atoms with Crippen LogP contribution in [0.15, 0.2) is 53.8 Å². The molecule has 3 aromatic rings. The third-order valence-corrected chi connectivity index (χ3v) is 3.95. The van der Waals surface area contributed by atoms with E-state index in [4.69, 9.17) is 5.73 Å². The maximum Gasteiger partial charge on any atom is 0.195 e. The average molecular weight is 294 g/mol. The van der Waals surface area contributed by atoms with Gasteiger partial charge < -0.3 is 5.73 Å². The zero-order valence-electron chi connectivity index (χ0n) is 11.4. The number of rotatable bonds is 3. The summed E-state index contributed by atoms with van der Waals surface area (Å²) in [4.78, 5) is 0. The Morgan fingerprint density at radius 1 is 1.10 bits per heavy atom. The van der Waals surface area contributed by atoms with Crippen molar-refractivity contribution < 1.29 is 0 Å². The van der Waals surface area contributed by atoms with Crippen LogP contribution in [0.5, 0.6) is 0 Å². The Morgan fingerprint density at radius 3 is 2.76 bits per heavy atom. The van der Waals surface area contributed by atoms with Crippen molar-refractivity contribution in [1.82, 2.24) is 14.6 Å². The van der Waals surface area contributed by atoms with Crippen molar-refractivity contribution in [3.63, 3.8) is 0 Å². The van der Waals surface area contributed by atoms with Crippen LogP contribution in [0.1, 0.15) is 11.1 Å². The van der Waals surface area contributed by atoms with Gasteiger partial charge in [-0.1, -0.05) is 41.8 Å². The Balaban J connectivity index is 1.70. The van der Waals surface area contributed by atoms with Gasteiger partial charge in [-0.2, -0.15) is 0 Å². The molecular weight excluding hydrogens is 280 g/mol. The van der Waals surface area contributed by atoms with Crippen molar-refractivity contribution in [2.24, 2.45) is 5.73 Å². The summed E-state index contributed by atoms with van der Waals surface area (Å²) in [5, 5.41) is 9.25. The van der Waals surface area contributed by atoms with Crippen molar-refractivity contribution in [2.75, 3.05) is 6.54 Å². The summed E-state index contributed by atoms with van der Waals surface area (Å²) in [5.74, 6) is 6.71. The van der Waals surface area contributed by atoms with Gasteiger partial charge in [-0.15, -0.1) is 10.2 Å². The van der Waals surface area contributed by atoms with Gasteiger partial charge in [0.15, 0.2) is 10.8 Å². The molecule has 0 amide bonds. The summed E-state index contributed by atoms with van der Waals surface area (Å²) in [6, 6.07) is 14.1. The SMILES string of the molecule is NCC#Cc1ccc(CSc2nnc3ccccn23)cc1. The highest BCUT2D eigenvalue weighted by molar-refractivity contribution is 7.98. The summed E-state index contributed by atoms with van der Waals surface area (Å²) >= 11 is 1.67. The maximum absolute atomic E-state index is 5.36. The highest BCUT2D eigenvalue weighted by Gasteiger charge is 2.05. The molecule has 2 N–H and O–H groups in total. The Morgan fingerprint density at radius 2 is 1.95 bits per heavy atom. The van der Waals surface area contributed by atoms with Crippen LogP contribution in [0.25, 0.3) is 5.65 Å². The molecule has 0 radical (unpaired) electrons. The lowest BCUT2D eigenvalue weighted by Crippen LogP contribution is -1.93. The zero-order chi connectivity index (χ0) is 14.5. The molecule has 0 spiro atoms. The number of nitrogens with zero attached hydrogens (tertiary/aromatic N) is 3. The summed E-state index contributed by atoms with van der Waals surface area (Å²) in [6.45, 7) is 0.386.